The van der Waals surface area contributed by atoms with E-state index in [0.717, 1.165) is 6.42 Å². The van der Waals surface area contributed by atoms with Crippen LogP contribution in [0.1, 0.15) is 51.4 Å². The molecule has 0 aromatic carbocycles. The highest BCUT2D eigenvalue weighted by Gasteiger charge is 2.39. The van der Waals surface area contributed by atoms with Crippen molar-refractivity contribution in [3.05, 3.63) is 0 Å². The van der Waals surface area contributed by atoms with E-state index in [2.05, 4.69) is 10.2 Å². The Bertz CT molecular complexity index is 253. The van der Waals surface area contributed by atoms with Crippen molar-refractivity contribution in [2.24, 2.45) is 0 Å². The predicted octanol–water partition coefficient (Wildman–Crippen LogP) is 1.51. The highest BCUT2D eigenvalue weighted by molar-refractivity contribution is 4.97. The van der Waals surface area contributed by atoms with E-state index in [1.165, 1.54) is 58.0 Å². The van der Waals surface area contributed by atoms with Gasteiger partial charge in [-0.05, 0) is 51.6 Å². The molecule has 2 aliphatic heterocycles. The van der Waals surface area contributed by atoms with Crippen LogP contribution in [-0.2, 0) is 0 Å². The van der Waals surface area contributed by atoms with E-state index in [1.54, 1.807) is 0 Å². The minimum atomic E-state index is -0.0641. The zero-order chi connectivity index (χ0) is 11.7. The normalized spacial score (nSPS) is 44.3. The van der Waals surface area contributed by atoms with Gasteiger partial charge < -0.3 is 10.4 Å². The molecule has 4 atom stereocenters. The van der Waals surface area contributed by atoms with Gasteiger partial charge >= 0.3 is 0 Å². The maximum absolute atomic E-state index is 10.2. The Kier molecular flexibility index (Phi) is 3.69. The molecule has 98 valence electrons. The van der Waals surface area contributed by atoms with Crippen LogP contribution in [0.25, 0.3) is 0 Å². The number of rotatable bonds is 2. The lowest BCUT2D eigenvalue weighted by Gasteiger charge is -2.40. The molecule has 0 amide bonds. The van der Waals surface area contributed by atoms with Crippen LogP contribution in [0, 0.1) is 0 Å². The monoisotopic (exact) mass is 238 g/mol. The van der Waals surface area contributed by atoms with Gasteiger partial charge in [-0.25, -0.2) is 0 Å². The van der Waals surface area contributed by atoms with E-state index in [1.807, 2.05) is 0 Å². The van der Waals surface area contributed by atoms with Crippen molar-refractivity contribution in [3.63, 3.8) is 0 Å². The molecule has 3 rings (SSSR count). The Morgan fingerprint density at radius 2 is 1.71 bits per heavy atom. The van der Waals surface area contributed by atoms with E-state index in [4.69, 9.17) is 0 Å². The van der Waals surface area contributed by atoms with Gasteiger partial charge in [0, 0.05) is 18.1 Å². The van der Waals surface area contributed by atoms with Gasteiger partial charge in [0.2, 0.25) is 0 Å². The molecule has 17 heavy (non-hydrogen) atoms. The Morgan fingerprint density at radius 1 is 0.882 bits per heavy atom. The summed E-state index contributed by atoms with van der Waals surface area (Å²) in [5.74, 6) is 0. The first-order chi connectivity index (χ1) is 8.36. The van der Waals surface area contributed by atoms with Crippen molar-refractivity contribution in [3.8, 4) is 0 Å². The SMILES string of the molecule is OC1CCCCC1N1CCCC1C1CCCN1. The summed E-state index contributed by atoms with van der Waals surface area (Å²) in [5, 5.41) is 13.9. The van der Waals surface area contributed by atoms with Gasteiger partial charge in [0.15, 0.2) is 0 Å². The Labute approximate surface area is 105 Å². The first-order valence-corrected chi connectivity index (χ1v) is 7.53. The van der Waals surface area contributed by atoms with Gasteiger partial charge in [-0.2, -0.15) is 0 Å². The maximum atomic E-state index is 10.2. The predicted molar refractivity (Wildman–Crippen MR) is 69.0 cm³/mol. The fourth-order valence-corrected chi connectivity index (χ4v) is 4.18. The third-order valence-electron chi connectivity index (χ3n) is 5.02. The minimum Gasteiger partial charge on any atom is -0.391 e. The highest BCUT2D eigenvalue weighted by Crippen LogP contribution is 2.32. The summed E-state index contributed by atoms with van der Waals surface area (Å²) < 4.78 is 0. The van der Waals surface area contributed by atoms with Gasteiger partial charge in [-0.3, -0.25) is 4.90 Å². The summed E-state index contributed by atoms with van der Waals surface area (Å²) in [6.45, 7) is 2.41. The molecule has 0 bridgehead atoms. The third-order valence-corrected chi connectivity index (χ3v) is 5.02. The van der Waals surface area contributed by atoms with E-state index < -0.39 is 0 Å². The number of aliphatic hydroxyl groups excluding tert-OH is 1. The summed E-state index contributed by atoms with van der Waals surface area (Å²) in [7, 11) is 0. The average Bonchev–Trinajstić information content (AvgIpc) is 3.00. The average molecular weight is 238 g/mol. The molecule has 1 saturated carbocycles. The number of aliphatic hydroxyl groups is 1. The van der Waals surface area contributed by atoms with Crippen LogP contribution in [-0.4, -0.2) is 47.3 Å². The maximum Gasteiger partial charge on any atom is 0.0695 e. The number of hydrogen-bond acceptors (Lipinski definition) is 3. The molecule has 1 aliphatic carbocycles. The van der Waals surface area contributed by atoms with E-state index in [9.17, 15) is 5.11 Å². The zero-order valence-electron chi connectivity index (χ0n) is 10.8. The van der Waals surface area contributed by atoms with Crippen molar-refractivity contribution in [1.82, 2.24) is 10.2 Å². The summed E-state index contributed by atoms with van der Waals surface area (Å²) in [5.41, 5.74) is 0. The third kappa shape index (κ3) is 2.38. The Morgan fingerprint density at radius 3 is 2.47 bits per heavy atom. The second-order valence-electron chi connectivity index (χ2n) is 6.07. The second kappa shape index (κ2) is 5.25. The lowest BCUT2D eigenvalue weighted by Crippen LogP contribution is -2.53. The largest absolute Gasteiger partial charge is 0.391 e. The van der Waals surface area contributed by atoms with Crippen LogP contribution >= 0.6 is 0 Å². The first-order valence-electron chi connectivity index (χ1n) is 7.53. The van der Waals surface area contributed by atoms with Gasteiger partial charge in [0.1, 0.15) is 0 Å². The second-order valence-corrected chi connectivity index (χ2v) is 6.07. The van der Waals surface area contributed by atoms with Crippen LogP contribution in [0.4, 0.5) is 0 Å². The number of hydrogen-bond donors (Lipinski definition) is 2. The fourth-order valence-electron chi connectivity index (χ4n) is 4.18. The number of nitrogens with one attached hydrogen (secondary N) is 1. The van der Waals surface area contributed by atoms with Gasteiger partial charge in [-0.1, -0.05) is 12.8 Å². The van der Waals surface area contributed by atoms with E-state index in [0.29, 0.717) is 18.1 Å². The molecule has 0 radical (unpaired) electrons. The van der Waals surface area contributed by atoms with Crippen molar-refractivity contribution in [2.75, 3.05) is 13.1 Å². The van der Waals surface area contributed by atoms with Crippen molar-refractivity contribution < 1.29 is 5.11 Å². The van der Waals surface area contributed by atoms with Crippen LogP contribution in [0.5, 0.6) is 0 Å². The lowest BCUT2D eigenvalue weighted by molar-refractivity contribution is 0.00778. The molecule has 2 heterocycles. The summed E-state index contributed by atoms with van der Waals surface area (Å²) in [6.07, 6.45) is 10.0. The van der Waals surface area contributed by atoms with Gasteiger partial charge in [0.25, 0.3) is 0 Å². The molecule has 3 nitrogen and oxygen atoms in total. The molecule has 2 saturated heterocycles. The fraction of sp³-hybridized carbons (Fsp3) is 1.00. The van der Waals surface area contributed by atoms with Crippen LogP contribution in [0.3, 0.4) is 0 Å². The molecular weight excluding hydrogens is 212 g/mol. The molecule has 0 spiro atoms. The number of nitrogens with zero attached hydrogens (tertiary/aromatic N) is 1. The van der Waals surface area contributed by atoms with Crippen molar-refractivity contribution in [1.29, 1.82) is 0 Å². The topological polar surface area (TPSA) is 35.5 Å². The van der Waals surface area contributed by atoms with Crippen LogP contribution in [0.15, 0.2) is 0 Å². The summed E-state index contributed by atoms with van der Waals surface area (Å²) in [4.78, 5) is 2.65. The first kappa shape index (κ1) is 11.9. The molecule has 0 aromatic heterocycles. The molecule has 3 aliphatic rings. The Balaban J connectivity index is 1.67. The molecule has 0 aromatic rings. The molecular formula is C14H26N2O. The summed E-state index contributed by atoms with van der Waals surface area (Å²) in [6, 6.07) is 1.86. The zero-order valence-corrected chi connectivity index (χ0v) is 10.8. The van der Waals surface area contributed by atoms with Crippen LogP contribution < -0.4 is 5.32 Å². The standard InChI is InChI=1S/C14H26N2O/c17-14-8-2-1-6-13(14)16-10-4-7-12(16)11-5-3-9-15-11/h11-15,17H,1-10H2. The van der Waals surface area contributed by atoms with Gasteiger partial charge in [-0.15, -0.1) is 0 Å². The Hall–Kier alpha value is -0.120. The molecule has 3 fully saturated rings. The number of likely N-dealkylation sites (tertiary alicyclic amines) is 1. The van der Waals surface area contributed by atoms with Crippen LogP contribution in [0.2, 0.25) is 0 Å². The van der Waals surface area contributed by atoms with Crippen molar-refractivity contribution >= 4 is 0 Å². The summed E-state index contributed by atoms with van der Waals surface area (Å²) >= 11 is 0. The quantitative estimate of drug-likeness (QED) is 0.765. The highest BCUT2D eigenvalue weighted by atomic mass is 16.3. The molecule has 4 unspecified atom stereocenters. The van der Waals surface area contributed by atoms with E-state index >= 15 is 0 Å². The van der Waals surface area contributed by atoms with Gasteiger partial charge in [0.05, 0.1) is 6.10 Å². The molecule has 2 N–H and O–H groups in total. The lowest BCUT2D eigenvalue weighted by atomic mass is 9.90. The smallest absolute Gasteiger partial charge is 0.0695 e. The van der Waals surface area contributed by atoms with E-state index in [-0.39, 0.29) is 6.10 Å². The van der Waals surface area contributed by atoms with Crippen molar-refractivity contribution in [2.45, 2.75) is 75.6 Å². The minimum absolute atomic E-state index is 0.0641. The molecule has 3 heteroatoms.